The van der Waals surface area contributed by atoms with Crippen molar-refractivity contribution in [2.45, 2.75) is 53.4 Å². The molecule has 1 aromatic heterocycles. The summed E-state index contributed by atoms with van der Waals surface area (Å²) in [5.41, 5.74) is 7.34. The van der Waals surface area contributed by atoms with Gasteiger partial charge in [-0.25, -0.2) is 4.39 Å². The van der Waals surface area contributed by atoms with E-state index in [0.29, 0.717) is 6.42 Å². The van der Waals surface area contributed by atoms with Gasteiger partial charge >= 0.3 is 0 Å². The summed E-state index contributed by atoms with van der Waals surface area (Å²) in [6.07, 6.45) is 0.700. The third-order valence-electron chi connectivity index (χ3n) is 5.04. The van der Waals surface area contributed by atoms with Crippen LogP contribution in [0, 0.1) is 26.6 Å². The van der Waals surface area contributed by atoms with Crippen LogP contribution >= 0.6 is 0 Å². The van der Waals surface area contributed by atoms with Crippen LogP contribution in [0.4, 0.5) is 4.39 Å². The summed E-state index contributed by atoms with van der Waals surface area (Å²) >= 11 is 0. The number of aryl methyl sites for hydroxylation is 3. The van der Waals surface area contributed by atoms with E-state index in [-0.39, 0.29) is 11.2 Å². The van der Waals surface area contributed by atoms with E-state index in [2.05, 4.69) is 52.8 Å². The maximum atomic E-state index is 14.5. The number of hydrogen-bond donors (Lipinski definition) is 0. The summed E-state index contributed by atoms with van der Waals surface area (Å²) in [4.78, 5) is 4.85. The number of fused-ring (bicyclic) bond motifs is 1. The first-order valence-corrected chi connectivity index (χ1v) is 8.83. The molecule has 0 spiro atoms. The second-order valence-electron chi connectivity index (χ2n) is 8.01. The summed E-state index contributed by atoms with van der Waals surface area (Å²) < 4.78 is 14.5. The van der Waals surface area contributed by atoms with Crippen molar-refractivity contribution in [3.8, 4) is 0 Å². The highest BCUT2D eigenvalue weighted by atomic mass is 19.1. The highest BCUT2D eigenvalue weighted by Gasteiger charge is 2.22. The van der Waals surface area contributed by atoms with Crippen LogP contribution < -0.4 is 0 Å². The molecule has 0 saturated carbocycles. The number of halogens is 1. The predicted octanol–water partition coefficient (Wildman–Crippen LogP) is 6.19. The van der Waals surface area contributed by atoms with Crippen molar-refractivity contribution in [2.75, 3.05) is 0 Å². The molecule has 3 rings (SSSR count). The van der Waals surface area contributed by atoms with Crippen LogP contribution in [0.15, 0.2) is 36.4 Å². The molecule has 0 N–H and O–H groups in total. The van der Waals surface area contributed by atoms with Gasteiger partial charge < -0.3 is 0 Å². The minimum absolute atomic E-state index is 0.122. The number of pyridine rings is 1. The van der Waals surface area contributed by atoms with Gasteiger partial charge in [0.25, 0.3) is 0 Å². The molecule has 0 aliphatic carbocycles. The van der Waals surface area contributed by atoms with Crippen LogP contribution in [-0.2, 0) is 11.8 Å². The number of benzene rings is 2. The fourth-order valence-electron chi connectivity index (χ4n) is 3.56. The topological polar surface area (TPSA) is 12.9 Å². The van der Waals surface area contributed by atoms with E-state index in [4.69, 9.17) is 4.98 Å². The first-order valence-electron chi connectivity index (χ1n) is 8.83. The van der Waals surface area contributed by atoms with Gasteiger partial charge in [0.15, 0.2) is 0 Å². The summed E-state index contributed by atoms with van der Waals surface area (Å²) in [5, 5.41) is 1.15. The van der Waals surface area contributed by atoms with Crippen LogP contribution in [0.1, 0.15) is 54.3 Å². The smallest absolute Gasteiger partial charge is 0.127 e. The lowest BCUT2D eigenvalue weighted by Crippen LogP contribution is -2.17. The van der Waals surface area contributed by atoms with E-state index >= 15 is 0 Å². The average molecular weight is 335 g/mol. The van der Waals surface area contributed by atoms with Crippen molar-refractivity contribution >= 4 is 10.9 Å². The van der Waals surface area contributed by atoms with Crippen LogP contribution in [0.3, 0.4) is 0 Å². The molecule has 130 valence electrons. The molecule has 0 aliphatic heterocycles. The average Bonchev–Trinajstić information content (AvgIpc) is 2.51. The highest BCUT2D eigenvalue weighted by Crippen LogP contribution is 2.31. The molecule has 2 heteroatoms. The third kappa shape index (κ3) is 3.30. The summed E-state index contributed by atoms with van der Waals surface area (Å²) in [7, 11) is 0. The van der Waals surface area contributed by atoms with E-state index < -0.39 is 0 Å². The van der Waals surface area contributed by atoms with Gasteiger partial charge in [-0.3, -0.25) is 4.98 Å². The summed E-state index contributed by atoms with van der Waals surface area (Å²) in [6, 6.07) is 11.9. The van der Waals surface area contributed by atoms with Crippen LogP contribution in [0.2, 0.25) is 0 Å². The molecule has 2 aromatic carbocycles. The molecule has 0 bridgehead atoms. The van der Waals surface area contributed by atoms with Crippen molar-refractivity contribution < 1.29 is 4.39 Å². The molecule has 0 fully saturated rings. The van der Waals surface area contributed by atoms with Gasteiger partial charge in [0.1, 0.15) is 5.82 Å². The van der Waals surface area contributed by atoms with Crippen molar-refractivity contribution in [3.05, 3.63) is 75.7 Å². The highest BCUT2D eigenvalue weighted by molar-refractivity contribution is 5.83. The molecule has 1 heterocycles. The Bertz CT molecular complexity index is 948. The number of hydrogen-bond acceptors (Lipinski definition) is 1. The van der Waals surface area contributed by atoms with E-state index in [1.165, 1.54) is 11.1 Å². The Balaban J connectivity index is 2.12. The molecular formula is C23H26FN. The van der Waals surface area contributed by atoms with Gasteiger partial charge in [0.05, 0.1) is 5.52 Å². The number of aromatic nitrogens is 1. The largest absolute Gasteiger partial charge is 0.253 e. The first kappa shape index (κ1) is 17.6. The van der Waals surface area contributed by atoms with Crippen molar-refractivity contribution in [3.63, 3.8) is 0 Å². The lowest BCUT2D eigenvalue weighted by atomic mass is 9.81. The van der Waals surface area contributed by atoms with Crippen LogP contribution in [-0.4, -0.2) is 4.98 Å². The zero-order valence-electron chi connectivity index (χ0n) is 16.0. The van der Waals surface area contributed by atoms with Crippen molar-refractivity contribution in [1.29, 1.82) is 0 Å². The van der Waals surface area contributed by atoms with Gasteiger partial charge in [-0.15, -0.1) is 0 Å². The van der Waals surface area contributed by atoms with E-state index in [1.807, 2.05) is 13.0 Å². The van der Waals surface area contributed by atoms with Gasteiger partial charge in [0.2, 0.25) is 0 Å². The van der Waals surface area contributed by atoms with Crippen molar-refractivity contribution in [2.24, 2.45) is 0 Å². The second-order valence-corrected chi connectivity index (χ2v) is 8.01. The molecule has 0 unspecified atom stereocenters. The molecule has 0 aliphatic rings. The minimum Gasteiger partial charge on any atom is -0.253 e. The molecule has 0 saturated heterocycles. The van der Waals surface area contributed by atoms with Gasteiger partial charge in [-0.1, -0.05) is 45.0 Å². The fraction of sp³-hybridized carbons (Fsp3) is 0.348. The molecule has 0 radical (unpaired) electrons. The zero-order chi connectivity index (χ0) is 18.4. The van der Waals surface area contributed by atoms with E-state index in [0.717, 1.165) is 33.3 Å². The minimum atomic E-state index is -0.230. The Labute approximate surface area is 149 Å². The number of rotatable bonds is 2. The molecule has 25 heavy (non-hydrogen) atoms. The Morgan fingerprint density at radius 1 is 0.960 bits per heavy atom. The Morgan fingerprint density at radius 3 is 2.36 bits per heavy atom. The Kier molecular flexibility index (Phi) is 4.40. The summed E-state index contributed by atoms with van der Waals surface area (Å²) in [6.45, 7) is 12.5. The molecule has 3 aromatic rings. The quantitative estimate of drug-likeness (QED) is 0.544. The van der Waals surface area contributed by atoms with Gasteiger partial charge in [-0.2, -0.15) is 0 Å². The van der Waals surface area contributed by atoms with E-state index in [9.17, 15) is 4.39 Å². The normalized spacial score (nSPS) is 12.0. The van der Waals surface area contributed by atoms with Crippen molar-refractivity contribution in [1.82, 2.24) is 4.98 Å². The SMILES string of the molecule is Cc1ccc2cc(Cc3cccc(F)c3C(C)(C)C)c(C)nc2c1C. The lowest BCUT2D eigenvalue weighted by molar-refractivity contribution is 0.517. The molecule has 1 nitrogen and oxygen atoms in total. The Hall–Kier alpha value is -2.22. The first-order chi connectivity index (χ1) is 11.7. The molecule has 0 atom stereocenters. The van der Waals surface area contributed by atoms with Gasteiger partial charge in [0, 0.05) is 11.1 Å². The van der Waals surface area contributed by atoms with Crippen LogP contribution in [0.25, 0.3) is 10.9 Å². The molecule has 0 amide bonds. The van der Waals surface area contributed by atoms with E-state index in [1.54, 1.807) is 12.1 Å². The van der Waals surface area contributed by atoms with Gasteiger partial charge in [-0.05, 0) is 72.6 Å². The maximum absolute atomic E-state index is 14.5. The third-order valence-corrected chi connectivity index (χ3v) is 5.04. The summed E-state index contributed by atoms with van der Waals surface area (Å²) in [5.74, 6) is -0.122. The standard InChI is InChI=1S/C23H26FN/c1-14-10-11-18-13-19(16(3)25-22(18)15(14)2)12-17-8-7-9-20(24)21(17)23(4,5)6/h7-11,13H,12H2,1-6H3. The predicted molar refractivity (Wildman–Crippen MR) is 104 cm³/mol. The zero-order valence-corrected chi connectivity index (χ0v) is 16.0. The second kappa shape index (κ2) is 6.25. The maximum Gasteiger partial charge on any atom is 0.127 e. The Morgan fingerprint density at radius 2 is 1.68 bits per heavy atom. The lowest BCUT2D eigenvalue weighted by Gasteiger charge is -2.24. The number of nitrogens with zero attached hydrogens (tertiary/aromatic N) is 1. The monoisotopic (exact) mass is 335 g/mol. The fourth-order valence-corrected chi connectivity index (χ4v) is 3.56. The molecular weight excluding hydrogens is 309 g/mol. The van der Waals surface area contributed by atoms with Crippen LogP contribution in [0.5, 0.6) is 0 Å².